The van der Waals surface area contributed by atoms with Gasteiger partial charge in [-0.3, -0.25) is 9.80 Å². The molecule has 0 amide bonds. The molecule has 0 bridgehead atoms. The molecule has 19 heavy (non-hydrogen) atoms. The molecule has 3 nitrogen and oxygen atoms in total. The first-order valence-electron chi connectivity index (χ1n) is 6.83. The quantitative estimate of drug-likeness (QED) is 0.911. The van der Waals surface area contributed by atoms with E-state index in [1.165, 1.54) is 6.07 Å². The lowest BCUT2D eigenvalue weighted by Crippen LogP contribution is -2.61. The predicted molar refractivity (Wildman–Crippen MR) is 77.6 cm³/mol. The maximum Gasteiger partial charge on any atom is 0.127 e. The Balaban J connectivity index is 1.55. The predicted octanol–water partition coefficient (Wildman–Crippen LogP) is 1.68. The lowest BCUT2D eigenvalue weighted by molar-refractivity contribution is 0.0691. The molecular weight excluding hydrogens is 309 g/mol. The molecule has 1 aromatic carbocycles. The van der Waals surface area contributed by atoms with Crippen molar-refractivity contribution in [1.29, 1.82) is 0 Å². The number of hydrogen-bond donors (Lipinski definition) is 1. The van der Waals surface area contributed by atoms with E-state index in [-0.39, 0.29) is 5.82 Å². The van der Waals surface area contributed by atoms with Gasteiger partial charge in [0.2, 0.25) is 0 Å². The van der Waals surface area contributed by atoms with E-state index in [0.29, 0.717) is 6.54 Å². The van der Waals surface area contributed by atoms with Crippen molar-refractivity contribution >= 4 is 15.9 Å². The van der Waals surface area contributed by atoms with Gasteiger partial charge in [0.25, 0.3) is 0 Å². The van der Waals surface area contributed by atoms with E-state index in [2.05, 4.69) is 31.0 Å². The summed E-state index contributed by atoms with van der Waals surface area (Å²) >= 11 is 3.41. The molecule has 0 unspecified atom stereocenters. The first-order chi connectivity index (χ1) is 9.22. The van der Waals surface area contributed by atoms with Crippen LogP contribution in [0.3, 0.4) is 0 Å². The van der Waals surface area contributed by atoms with Crippen LogP contribution in [0.1, 0.15) is 5.56 Å². The van der Waals surface area contributed by atoms with Crippen LogP contribution in [0.25, 0.3) is 0 Å². The maximum atomic E-state index is 13.7. The summed E-state index contributed by atoms with van der Waals surface area (Å²) in [6.07, 6.45) is 0. The molecule has 104 valence electrons. The third-order valence-electron chi connectivity index (χ3n) is 4.08. The molecular formula is C14H19BrFN3. The molecule has 5 heteroatoms. The van der Waals surface area contributed by atoms with Gasteiger partial charge in [0.05, 0.1) is 0 Å². The second kappa shape index (κ2) is 5.87. The van der Waals surface area contributed by atoms with Gasteiger partial charge >= 0.3 is 0 Å². The molecule has 1 aromatic rings. The van der Waals surface area contributed by atoms with Gasteiger partial charge in [-0.05, 0) is 18.2 Å². The Labute approximate surface area is 121 Å². The fourth-order valence-corrected chi connectivity index (χ4v) is 3.13. The molecule has 2 heterocycles. The minimum Gasteiger partial charge on any atom is -0.314 e. The summed E-state index contributed by atoms with van der Waals surface area (Å²) in [6.45, 7) is 7.22. The van der Waals surface area contributed by atoms with E-state index in [1.807, 2.05) is 6.07 Å². The molecule has 0 radical (unpaired) electrons. The van der Waals surface area contributed by atoms with Crippen molar-refractivity contribution in [3.05, 3.63) is 34.1 Å². The number of benzene rings is 1. The van der Waals surface area contributed by atoms with E-state index in [9.17, 15) is 4.39 Å². The van der Waals surface area contributed by atoms with Gasteiger partial charge < -0.3 is 5.32 Å². The van der Waals surface area contributed by atoms with Gasteiger partial charge in [-0.25, -0.2) is 4.39 Å². The van der Waals surface area contributed by atoms with Crippen LogP contribution in [0.5, 0.6) is 0 Å². The Hall–Kier alpha value is -0.490. The van der Waals surface area contributed by atoms with E-state index >= 15 is 0 Å². The first-order valence-corrected chi connectivity index (χ1v) is 7.63. The van der Waals surface area contributed by atoms with Crippen LogP contribution in [-0.2, 0) is 6.54 Å². The van der Waals surface area contributed by atoms with Crippen molar-refractivity contribution in [3.8, 4) is 0 Å². The highest BCUT2D eigenvalue weighted by Crippen LogP contribution is 2.18. The fraction of sp³-hybridized carbons (Fsp3) is 0.571. The Morgan fingerprint density at radius 3 is 2.58 bits per heavy atom. The first kappa shape index (κ1) is 13.5. The van der Waals surface area contributed by atoms with Crippen molar-refractivity contribution in [3.63, 3.8) is 0 Å². The molecule has 0 aromatic heterocycles. The Morgan fingerprint density at radius 2 is 1.95 bits per heavy atom. The van der Waals surface area contributed by atoms with E-state index in [1.54, 1.807) is 6.07 Å². The average Bonchev–Trinajstić information content (AvgIpc) is 2.34. The van der Waals surface area contributed by atoms with Gasteiger partial charge in [-0.1, -0.05) is 15.9 Å². The number of hydrogen-bond acceptors (Lipinski definition) is 3. The topological polar surface area (TPSA) is 18.5 Å². The Kier molecular flexibility index (Phi) is 4.17. The largest absolute Gasteiger partial charge is 0.314 e. The lowest BCUT2D eigenvalue weighted by Gasteiger charge is -2.43. The standard InChI is InChI=1S/C14H19BrFN3/c15-12-1-2-14(16)11(7-12)10-18-3-5-19(6-4-18)13-8-17-9-13/h1-2,7,13,17H,3-6,8-10H2. The minimum atomic E-state index is -0.103. The summed E-state index contributed by atoms with van der Waals surface area (Å²) in [5, 5.41) is 3.31. The summed E-state index contributed by atoms with van der Waals surface area (Å²) < 4.78 is 14.7. The molecule has 2 aliphatic heterocycles. The second-order valence-electron chi connectivity index (χ2n) is 5.36. The summed E-state index contributed by atoms with van der Waals surface area (Å²) in [4.78, 5) is 4.89. The highest BCUT2D eigenvalue weighted by atomic mass is 79.9. The lowest BCUT2D eigenvalue weighted by atomic mass is 10.1. The number of nitrogens with zero attached hydrogens (tertiary/aromatic N) is 2. The SMILES string of the molecule is Fc1ccc(Br)cc1CN1CCN(C2CNC2)CC1. The summed E-state index contributed by atoms with van der Waals surface area (Å²) in [7, 11) is 0. The van der Waals surface area contributed by atoms with Crippen LogP contribution in [0.2, 0.25) is 0 Å². The van der Waals surface area contributed by atoms with Gasteiger partial charge in [-0.2, -0.15) is 0 Å². The van der Waals surface area contributed by atoms with E-state index in [0.717, 1.165) is 55.3 Å². The smallest absolute Gasteiger partial charge is 0.127 e. The average molecular weight is 328 g/mol. The third-order valence-corrected chi connectivity index (χ3v) is 4.58. The van der Waals surface area contributed by atoms with Crippen molar-refractivity contribution < 1.29 is 4.39 Å². The molecule has 1 N–H and O–H groups in total. The summed E-state index contributed by atoms with van der Waals surface area (Å²) in [5.41, 5.74) is 0.785. The molecule has 2 aliphatic rings. The zero-order valence-electron chi connectivity index (χ0n) is 10.9. The normalized spacial score (nSPS) is 22.4. The van der Waals surface area contributed by atoms with Crippen LogP contribution in [0, 0.1) is 5.82 Å². The van der Waals surface area contributed by atoms with Gasteiger partial charge in [0.15, 0.2) is 0 Å². The minimum absolute atomic E-state index is 0.103. The van der Waals surface area contributed by atoms with Gasteiger partial charge in [0, 0.05) is 61.9 Å². The van der Waals surface area contributed by atoms with E-state index < -0.39 is 0 Å². The highest BCUT2D eigenvalue weighted by molar-refractivity contribution is 9.10. The molecule has 0 atom stereocenters. The zero-order chi connectivity index (χ0) is 13.2. The van der Waals surface area contributed by atoms with Crippen molar-refractivity contribution in [1.82, 2.24) is 15.1 Å². The number of rotatable bonds is 3. The van der Waals surface area contributed by atoms with Crippen molar-refractivity contribution in [2.45, 2.75) is 12.6 Å². The highest BCUT2D eigenvalue weighted by Gasteiger charge is 2.27. The molecule has 0 saturated carbocycles. The molecule has 0 spiro atoms. The van der Waals surface area contributed by atoms with Crippen LogP contribution in [0.4, 0.5) is 4.39 Å². The van der Waals surface area contributed by atoms with E-state index in [4.69, 9.17) is 0 Å². The van der Waals surface area contributed by atoms with Gasteiger partial charge in [-0.15, -0.1) is 0 Å². The van der Waals surface area contributed by atoms with Crippen LogP contribution >= 0.6 is 15.9 Å². The number of nitrogens with one attached hydrogen (secondary N) is 1. The molecule has 0 aliphatic carbocycles. The van der Waals surface area contributed by atoms with Crippen molar-refractivity contribution in [2.75, 3.05) is 39.3 Å². The Morgan fingerprint density at radius 1 is 1.21 bits per heavy atom. The van der Waals surface area contributed by atoms with Gasteiger partial charge in [0.1, 0.15) is 5.82 Å². The second-order valence-corrected chi connectivity index (χ2v) is 6.28. The Bertz CT molecular complexity index is 442. The molecule has 3 rings (SSSR count). The fourth-order valence-electron chi connectivity index (χ4n) is 2.72. The van der Waals surface area contributed by atoms with Crippen LogP contribution in [0.15, 0.2) is 22.7 Å². The zero-order valence-corrected chi connectivity index (χ0v) is 12.5. The number of halogens is 2. The maximum absolute atomic E-state index is 13.7. The monoisotopic (exact) mass is 327 g/mol. The van der Waals surface area contributed by atoms with Crippen molar-refractivity contribution in [2.24, 2.45) is 0 Å². The number of piperazine rings is 1. The summed E-state index contributed by atoms with van der Waals surface area (Å²) in [5.74, 6) is -0.103. The third kappa shape index (κ3) is 3.16. The molecule has 2 fully saturated rings. The van der Waals surface area contributed by atoms with Crippen LogP contribution < -0.4 is 5.32 Å². The summed E-state index contributed by atoms with van der Waals surface area (Å²) in [6, 6.07) is 5.90. The van der Waals surface area contributed by atoms with Crippen LogP contribution in [-0.4, -0.2) is 55.1 Å². The molecule has 2 saturated heterocycles.